The second-order valence-electron chi connectivity index (χ2n) is 16.4. The molecule has 6 aromatic rings. The van der Waals surface area contributed by atoms with Crippen molar-refractivity contribution in [3.05, 3.63) is 111 Å². The number of nitriles is 1. The number of benzene rings is 4. The summed E-state index contributed by atoms with van der Waals surface area (Å²) in [5.41, 5.74) is 8.79. The lowest BCUT2D eigenvalue weighted by atomic mass is 10.0. The molecule has 1 amide bonds. The number of aromatic nitrogens is 4. The van der Waals surface area contributed by atoms with Gasteiger partial charge in [0.2, 0.25) is 11.6 Å². The van der Waals surface area contributed by atoms with Crippen molar-refractivity contribution in [3.8, 4) is 69.3 Å². The molecule has 1 fully saturated rings. The number of carbonyl (C=O) groups excluding carboxylic acids is 1. The normalized spacial score (nSPS) is 16.8. The third-order valence-corrected chi connectivity index (χ3v) is 11.8. The molecule has 0 radical (unpaired) electrons. The lowest BCUT2D eigenvalue weighted by Crippen LogP contribution is -2.29. The first-order chi connectivity index (χ1) is 31.3. The predicted molar refractivity (Wildman–Crippen MR) is 239 cm³/mol. The van der Waals surface area contributed by atoms with Crippen LogP contribution >= 0.6 is 0 Å². The van der Waals surface area contributed by atoms with Crippen LogP contribution in [0.1, 0.15) is 86.0 Å². The summed E-state index contributed by atoms with van der Waals surface area (Å²) in [4.78, 5) is 28.2. The van der Waals surface area contributed by atoms with E-state index in [1.165, 1.54) is 11.1 Å². The highest BCUT2D eigenvalue weighted by molar-refractivity contribution is 5.72. The number of ether oxygens (including phenoxy) is 3. The Hall–Kier alpha value is -7.07. The number of nitrogens with one attached hydrogen (secondary N) is 2. The van der Waals surface area contributed by atoms with Crippen molar-refractivity contribution in [1.29, 1.82) is 5.26 Å². The zero-order chi connectivity index (χ0) is 44.2. The molecule has 4 aromatic carbocycles. The maximum absolute atomic E-state index is 12.3. The molecule has 9 rings (SSSR count). The first-order valence-corrected chi connectivity index (χ1v) is 22.0. The van der Waals surface area contributed by atoms with Crippen LogP contribution in [0, 0.1) is 17.4 Å². The number of cyclic esters (lactones) is 1. The van der Waals surface area contributed by atoms with E-state index in [4.69, 9.17) is 33.2 Å². The lowest BCUT2D eigenvalue weighted by molar-refractivity contribution is 0.147. The molecule has 3 aliphatic rings. The zero-order valence-corrected chi connectivity index (χ0v) is 36.4. The molecule has 64 heavy (non-hydrogen) atoms. The summed E-state index contributed by atoms with van der Waals surface area (Å²) in [6.45, 7) is 11.9. The summed E-state index contributed by atoms with van der Waals surface area (Å²) in [5, 5.41) is 25.9. The topological polar surface area (TPSA) is 178 Å². The molecule has 0 saturated carbocycles. The Kier molecular flexibility index (Phi) is 12.4. The average molecular weight is 861 g/mol. The predicted octanol–water partition coefficient (Wildman–Crippen LogP) is 8.55. The summed E-state index contributed by atoms with van der Waals surface area (Å²) in [7, 11) is 0. The van der Waals surface area contributed by atoms with Crippen LogP contribution in [0.3, 0.4) is 0 Å². The molecule has 0 bridgehead atoms. The molecule has 0 spiro atoms. The molecule has 2 aromatic heterocycles. The molecular weight excluding hydrogens is 811 g/mol. The third-order valence-electron chi connectivity index (χ3n) is 11.8. The quantitative estimate of drug-likeness (QED) is 0.0940. The van der Waals surface area contributed by atoms with Crippen LogP contribution in [-0.4, -0.2) is 82.8 Å². The highest BCUT2D eigenvalue weighted by Gasteiger charge is 2.36. The Labute approximate surface area is 371 Å². The van der Waals surface area contributed by atoms with Gasteiger partial charge in [-0.15, -0.1) is 0 Å². The lowest BCUT2D eigenvalue weighted by Gasteiger charge is -2.22. The van der Waals surface area contributed by atoms with Gasteiger partial charge in [-0.3, -0.25) is 4.90 Å². The number of hydrogen-bond donors (Lipinski definition) is 2. The van der Waals surface area contributed by atoms with Gasteiger partial charge < -0.3 is 33.9 Å². The minimum absolute atomic E-state index is 0.0383. The van der Waals surface area contributed by atoms with Crippen molar-refractivity contribution >= 4 is 6.09 Å². The highest BCUT2D eigenvalue weighted by Crippen LogP contribution is 2.42. The molecule has 1 aliphatic heterocycles. The van der Waals surface area contributed by atoms with Crippen LogP contribution in [0.25, 0.3) is 50.5 Å². The number of likely N-dealkylation sites (N-methyl/N-ethyl adjacent to an activating group) is 1. The van der Waals surface area contributed by atoms with Crippen molar-refractivity contribution in [1.82, 2.24) is 35.8 Å². The van der Waals surface area contributed by atoms with Gasteiger partial charge in [-0.1, -0.05) is 58.5 Å². The van der Waals surface area contributed by atoms with Crippen LogP contribution in [0.15, 0.2) is 81.8 Å². The number of nitrogens with zero attached hydrogens (tertiary/aromatic N) is 7. The van der Waals surface area contributed by atoms with Gasteiger partial charge in [0.25, 0.3) is 18.3 Å². The number of hydrogen-bond acceptors (Lipinski definition) is 13. The zero-order valence-electron chi connectivity index (χ0n) is 36.4. The van der Waals surface area contributed by atoms with E-state index in [2.05, 4.69) is 63.1 Å². The fraction of sp³-hybridized carbons (Fsp3) is 0.367. The summed E-state index contributed by atoms with van der Waals surface area (Å²) in [6, 6.07) is 28.8. The second kappa shape index (κ2) is 18.7. The molecule has 3 atom stereocenters. The number of carbonyl (C=O) groups is 1. The van der Waals surface area contributed by atoms with Crippen LogP contribution in [0.5, 0.6) is 11.5 Å². The maximum atomic E-state index is 12.3. The van der Waals surface area contributed by atoms with Gasteiger partial charge in [-0.25, -0.2) is 4.79 Å². The highest BCUT2D eigenvalue weighted by atomic mass is 16.6. The van der Waals surface area contributed by atoms with Crippen molar-refractivity contribution in [2.45, 2.75) is 77.7 Å². The Morgan fingerprint density at radius 1 is 0.844 bits per heavy atom. The molecule has 2 N–H and O–H groups in total. The van der Waals surface area contributed by atoms with Gasteiger partial charge in [0.15, 0.2) is 6.10 Å². The first-order valence-electron chi connectivity index (χ1n) is 22.0. The fourth-order valence-corrected chi connectivity index (χ4v) is 8.82. The molecule has 326 valence electrons. The van der Waals surface area contributed by atoms with Gasteiger partial charge in [-0.05, 0) is 112 Å². The largest absolute Gasteiger partial charge is 0.489 e. The SMILES string of the molecule is CCNCCNC1CCc2c(-c3noc(-c4ccc(OC(C)C)c(C#[N+]CC(C)Oc5ccc(-c6nc(-c7cccc8c7CCC8N7CCOC7=O)no6)cc5C#N)c4)n3)cccc21. The van der Waals surface area contributed by atoms with E-state index in [1.54, 1.807) is 23.1 Å². The van der Waals surface area contributed by atoms with Crippen LogP contribution in [0.2, 0.25) is 0 Å². The van der Waals surface area contributed by atoms with E-state index >= 15 is 0 Å². The molecular formula is C49H50N9O6+. The van der Waals surface area contributed by atoms with Crippen molar-refractivity contribution in [3.63, 3.8) is 0 Å². The van der Waals surface area contributed by atoms with E-state index in [1.807, 2.05) is 57.2 Å². The van der Waals surface area contributed by atoms with Gasteiger partial charge in [-0.2, -0.15) is 15.2 Å². The molecule has 2 aliphatic carbocycles. The van der Waals surface area contributed by atoms with Crippen molar-refractivity contribution in [2.24, 2.45) is 0 Å². The molecule has 3 unspecified atom stereocenters. The Bertz CT molecular complexity index is 2780. The molecule has 15 nitrogen and oxygen atoms in total. The van der Waals surface area contributed by atoms with E-state index in [0.717, 1.165) is 67.6 Å². The minimum atomic E-state index is -0.404. The summed E-state index contributed by atoms with van der Waals surface area (Å²) >= 11 is 0. The van der Waals surface area contributed by atoms with Crippen LogP contribution < -0.4 is 20.1 Å². The van der Waals surface area contributed by atoms with Crippen LogP contribution in [0.4, 0.5) is 4.79 Å². The Morgan fingerprint density at radius 3 is 2.16 bits per heavy atom. The number of amides is 1. The van der Waals surface area contributed by atoms with Crippen molar-refractivity contribution < 1.29 is 28.1 Å². The van der Waals surface area contributed by atoms with E-state index in [0.29, 0.717) is 70.5 Å². The van der Waals surface area contributed by atoms with Gasteiger partial charge >= 0.3 is 12.2 Å². The number of rotatable bonds is 15. The summed E-state index contributed by atoms with van der Waals surface area (Å²) in [5.74, 6) is 2.68. The third kappa shape index (κ3) is 8.78. The minimum Gasteiger partial charge on any atom is -0.489 e. The second-order valence-corrected chi connectivity index (χ2v) is 16.4. The van der Waals surface area contributed by atoms with E-state index in [-0.39, 0.29) is 30.7 Å². The van der Waals surface area contributed by atoms with Gasteiger partial charge in [0.05, 0.1) is 24.3 Å². The maximum Gasteiger partial charge on any atom is 0.410 e. The van der Waals surface area contributed by atoms with Crippen molar-refractivity contribution in [2.75, 3.05) is 39.3 Å². The Balaban J connectivity index is 0.873. The number of fused-ring (bicyclic) bond motifs is 2. The first kappa shape index (κ1) is 42.2. The monoisotopic (exact) mass is 860 g/mol. The fourth-order valence-electron chi connectivity index (χ4n) is 8.82. The molecule has 15 heteroatoms. The van der Waals surface area contributed by atoms with Gasteiger partial charge in [0.1, 0.15) is 29.7 Å². The summed E-state index contributed by atoms with van der Waals surface area (Å²) < 4.78 is 29.1. The van der Waals surface area contributed by atoms with E-state index < -0.39 is 6.10 Å². The van der Waals surface area contributed by atoms with Gasteiger partial charge in [0, 0.05) is 41.4 Å². The van der Waals surface area contributed by atoms with Crippen LogP contribution in [-0.2, 0) is 17.6 Å². The smallest absolute Gasteiger partial charge is 0.410 e. The Morgan fingerprint density at radius 2 is 1.50 bits per heavy atom. The van der Waals surface area contributed by atoms with E-state index in [9.17, 15) is 10.1 Å². The average Bonchev–Trinajstić information content (AvgIpc) is 4.17. The standard InChI is InChI=1S/C49H50N9O6/c1-5-51-20-21-53-41-16-14-35-37(41)8-6-10-39(35)45-54-48(64-56-45)32-13-19-44(61-29(2)3)34(25-32)28-52-27-30(4)62-43-18-12-31(24-33(43)26-50)47-55-46(57-63-47)40-11-7-9-38-36(40)15-17-42(38)58-22-23-60-49(58)59/h6-13,18-19,24-25,29-30,41-42,51,53H,5,14-17,20-23,27H2,1-4H3/q+1. The summed E-state index contributed by atoms with van der Waals surface area (Å²) in [6.07, 6.45) is 2.79. The molecule has 1 saturated heterocycles. The molecule has 3 heterocycles.